The number of benzene rings is 1. The third-order valence-corrected chi connectivity index (χ3v) is 3.06. The van der Waals surface area contributed by atoms with Crippen LogP contribution >= 0.6 is 0 Å². The van der Waals surface area contributed by atoms with Gasteiger partial charge >= 0.3 is 0 Å². The monoisotopic (exact) mass is 279 g/mol. The Balaban J connectivity index is 2.14. The molecule has 3 heteroatoms. The van der Waals surface area contributed by atoms with Gasteiger partial charge in [-0.05, 0) is 37.1 Å². The van der Waals surface area contributed by atoms with Crippen molar-refractivity contribution in [2.45, 2.75) is 13.8 Å². The molecule has 106 valence electrons. The fraction of sp³-hybridized carbons (Fsp3) is 0.111. The summed E-state index contributed by atoms with van der Waals surface area (Å²) in [5.74, 6) is -0.286. The first kappa shape index (κ1) is 14.7. The number of pyridine rings is 1. The van der Waals surface area contributed by atoms with Gasteiger partial charge in [0.05, 0.1) is 5.56 Å². The van der Waals surface area contributed by atoms with Crippen molar-refractivity contribution in [3.63, 3.8) is 0 Å². The van der Waals surface area contributed by atoms with E-state index >= 15 is 0 Å². The standard InChI is InChI=1S/C18H17NO2/c1-13-12-14(2)19-18(21)17(13)16(20)11-7-6-10-15-8-4-3-5-9-15/h3-12H,1-2H3,(H,19,21)/b10-6-,11-7+. The highest BCUT2D eigenvalue weighted by Gasteiger charge is 2.10. The van der Waals surface area contributed by atoms with E-state index in [1.54, 1.807) is 32.1 Å². The molecule has 1 N–H and O–H groups in total. The lowest BCUT2D eigenvalue weighted by molar-refractivity contribution is 0.104. The Morgan fingerprint density at radius 3 is 2.48 bits per heavy atom. The first-order valence-corrected chi connectivity index (χ1v) is 6.72. The average molecular weight is 279 g/mol. The van der Waals surface area contributed by atoms with Crippen LogP contribution in [0.5, 0.6) is 0 Å². The summed E-state index contributed by atoms with van der Waals surface area (Å²) >= 11 is 0. The van der Waals surface area contributed by atoms with Gasteiger partial charge in [0.1, 0.15) is 0 Å². The molecule has 0 atom stereocenters. The van der Waals surface area contributed by atoms with E-state index in [1.165, 1.54) is 6.08 Å². The van der Waals surface area contributed by atoms with Gasteiger partial charge in [0.25, 0.3) is 5.56 Å². The third-order valence-electron chi connectivity index (χ3n) is 3.06. The number of hydrogen-bond donors (Lipinski definition) is 1. The van der Waals surface area contributed by atoms with E-state index in [4.69, 9.17) is 0 Å². The summed E-state index contributed by atoms with van der Waals surface area (Å²) < 4.78 is 0. The van der Waals surface area contributed by atoms with E-state index in [0.29, 0.717) is 5.56 Å². The zero-order valence-electron chi connectivity index (χ0n) is 12.1. The summed E-state index contributed by atoms with van der Waals surface area (Å²) in [5.41, 5.74) is 2.36. The molecule has 0 unspecified atom stereocenters. The lowest BCUT2D eigenvalue weighted by Crippen LogP contribution is -2.19. The smallest absolute Gasteiger partial charge is 0.259 e. The Morgan fingerprint density at radius 2 is 1.81 bits per heavy atom. The van der Waals surface area contributed by atoms with Gasteiger partial charge in [0.15, 0.2) is 5.78 Å². The predicted octanol–water partition coefficient (Wildman–Crippen LogP) is 3.44. The summed E-state index contributed by atoms with van der Waals surface area (Å²) in [6.07, 6.45) is 6.74. The number of nitrogens with one attached hydrogen (secondary N) is 1. The molecule has 0 saturated heterocycles. The van der Waals surface area contributed by atoms with Crippen LogP contribution in [0.15, 0.2) is 59.4 Å². The van der Waals surface area contributed by atoms with E-state index in [0.717, 1.165) is 11.3 Å². The van der Waals surface area contributed by atoms with Crippen LogP contribution in [-0.4, -0.2) is 10.8 Å². The summed E-state index contributed by atoms with van der Waals surface area (Å²) in [6.45, 7) is 3.56. The zero-order valence-corrected chi connectivity index (χ0v) is 12.1. The highest BCUT2D eigenvalue weighted by atomic mass is 16.1. The Kier molecular flexibility index (Phi) is 4.67. The second kappa shape index (κ2) is 6.66. The zero-order chi connectivity index (χ0) is 15.2. The van der Waals surface area contributed by atoms with Crippen LogP contribution in [0.25, 0.3) is 6.08 Å². The minimum Gasteiger partial charge on any atom is -0.326 e. The molecule has 0 spiro atoms. The molecular formula is C18H17NO2. The molecule has 1 aromatic heterocycles. The van der Waals surface area contributed by atoms with Crippen molar-refractivity contribution in [2.75, 3.05) is 0 Å². The summed E-state index contributed by atoms with van der Waals surface area (Å²) in [4.78, 5) is 26.5. The lowest BCUT2D eigenvalue weighted by atomic mass is 10.1. The molecule has 2 aromatic rings. The van der Waals surface area contributed by atoms with Gasteiger partial charge in [-0.15, -0.1) is 0 Å². The van der Waals surface area contributed by atoms with Gasteiger partial charge in [0, 0.05) is 5.69 Å². The average Bonchev–Trinajstić information content (AvgIpc) is 2.43. The van der Waals surface area contributed by atoms with E-state index < -0.39 is 0 Å². The van der Waals surface area contributed by atoms with Crippen molar-refractivity contribution in [2.24, 2.45) is 0 Å². The number of ketones is 1. The number of rotatable bonds is 4. The van der Waals surface area contributed by atoms with Gasteiger partial charge in [-0.1, -0.05) is 48.6 Å². The van der Waals surface area contributed by atoms with E-state index in [2.05, 4.69) is 4.98 Å². The van der Waals surface area contributed by atoms with E-state index in [1.807, 2.05) is 36.4 Å². The predicted molar refractivity (Wildman–Crippen MR) is 85.5 cm³/mol. The second-order valence-electron chi connectivity index (χ2n) is 4.83. The number of aryl methyl sites for hydroxylation is 2. The van der Waals surface area contributed by atoms with Gasteiger partial charge < -0.3 is 4.98 Å². The van der Waals surface area contributed by atoms with Crippen LogP contribution < -0.4 is 5.56 Å². The number of H-pyrrole nitrogens is 1. The minimum atomic E-state index is -0.339. The van der Waals surface area contributed by atoms with Crippen LogP contribution in [0, 0.1) is 13.8 Å². The van der Waals surface area contributed by atoms with Crippen molar-refractivity contribution < 1.29 is 4.79 Å². The summed E-state index contributed by atoms with van der Waals surface area (Å²) in [6, 6.07) is 11.6. The Labute approximate surface area is 123 Å². The Bertz CT molecular complexity index is 753. The molecular weight excluding hydrogens is 262 g/mol. The van der Waals surface area contributed by atoms with Crippen LogP contribution in [-0.2, 0) is 0 Å². The molecule has 2 rings (SSSR count). The number of aromatic amines is 1. The molecule has 0 fully saturated rings. The maximum atomic E-state index is 12.1. The fourth-order valence-electron chi connectivity index (χ4n) is 2.12. The van der Waals surface area contributed by atoms with Crippen molar-refractivity contribution in [1.82, 2.24) is 4.98 Å². The highest BCUT2D eigenvalue weighted by molar-refractivity contribution is 6.05. The molecule has 1 aromatic carbocycles. The van der Waals surface area contributed by atoms with Gasteiger partial charge in [-0.2, -0.15) is 0 Å². The lowest BCUT2D eigenvalue weighted by Gasteiger charge is -2.01. The molecule has 21 heavy (non-hydrogen) atoms. The number of allylic oxidation sites excluding steroid dienone is 3. The second-order valence-corrected chi connectivity index (χ2v) is 4.83. The van der Waals surface area contributed by atoms with Crippen LogP contribution in [0.4, 0.5) is 0 Å². The van der Waals surface area contributed by atoms with E-state index in [9.17, 15) is 9.59 Å². The SMILES string of the molecule is Cc1cc(C)c(C(=O)/C=C/C=C\c2ccccc2)c(=O)[nH]1. The highest BCUT2D eigenvalue weighted by Crippen LogP contribution is 2.06. The molecule has 0 saturated carbocycles. The van der Waals surface area contributed by atoms with Crippen LogP contribution in [0.1, 0.15) is 27.2 Å². The first-order chi connectivity index (χ1) is 10.1. The van der Waals surface area contributed by atoms with Crippen molar-refractivity contribution >= 4 is 11.9 Å². The summed E-state index contributed by atoms with van der Waals surface area (Å²) in [7, 11) is 0. The molecule has 3 nitrogen and oxygen atoms in total. The molecule has 1 heterocycles. The number of hydrogen-bond acceptors (Lipinski definition) is 2. The van der Waals surface area contributed by atoms with Crippen molar-refractivity contribution in [3.8, 4) is 0 Å². The Morgan fingerprint density at radius 1 is 1.10 bits per heavy atom. The molecule has 0 radical (unpaired) electrons. The van der Waals surface area contributed by atoms with Crippen molar-refractivity contribution in [3.05, 3.63) is 87.4 Å². The Hall–Kier alpha value is -2.68. The molecule has 0 aliphatic heterocycles. The molecule has 0 aliphatic carbocycles. The maximum absolute atomic E-state index is 12.1. The van der Waals surface area contributed by atoms with Gasteiger partial charge in [-0.3, -0.25) is 9.59 Å². The van der Waals surface area contributed by atoms with Crippen LogP contribution in [0.2, 0.25) is 0 Å². The number of aromatic nitrogens is 1. The van der Waals surface area contributed by atoms with Crippen LogP contribution in [0.3, 0.4) is 0 Å². The fourth-order valence-corrected chi connectivity index (χ4v) is 2.12. The molecule has 0 amide bonds. The number of carbonyl (C=O) groups is 1. The van der Waals surface area contributed by atoms with Crippen molar-refractivity contribution in [1.29, 1.82) is 0 Å². The van der Waals surface area contributed by atoms with Gasteiger partial charge in [-0.25, -0.2) is 0 Å². The summed E-state index contributed by atoms with van der Waals surface area (Å²) in [5, 5.41) is 0. The largest absolute Gasteiger partial charge is 0.326 e. The van der Waals surface area contributed by atoms with E-state index in [-0.39, 0.29) is 16.9 Å². The molecule has 0 bridgehead atoms. The maximum Gasteiger partial charge on any atom is 0.259 e. The minimum absolute atomic E-state index is 0.199. The first-order valence-electron chi connectivity index (χ1n) is 6.72. The molecule has 0 aliphatic rings. The quantitative estimate of drug-likeness (QED) is 0.529. The van der Waals surface area contributed by atoms with Gasteiger partial charge in [0.2, 0.25) is 0 Å². The normalized spacial score (nSPS) is 11.3. The third kappa shape index (κ3) is 3.89. The number of carbonyl (C=O) groups excluding carboxylic acids is 1. The topological polar surface area (TPSA) is 49.9 Å².